The van der Waals surface area contributed by atoms with Crippen molar-refractivity contribution in [2.75, 3.05) is 20.6 Å². The fourth-order valence-corrected chi connectivity index (χ4v) is 1.64. The Balaban J connectivity index is 2.67. The zero-order valence-electron chi connectivity index (χ0n) is 8.83. The van der Waals surface area contributed by atoms with Crippen LogP contribution in [0.25, 0.3) is 0 Å². The highest BCUT2D eigenvalue weighted by Crippen LogP contribution is 2.19. The van der Waals surface area contributed by atoms with Crippen LogP contribution in [0.1, 0.15) is 24.8 Å². The monoisotopic (exact) mass is 177 g/mol. The molecule has 1 atom stereocenters. The predicted octanol–water partition coefficient (Wildman–Crippen LogP) is 2.74. The van der Waals surface area contributed by atoms with E-state index >= 15 is 0 Å². The van der Waals surface area contributed by atoms with Crippen molar-refractivity contribution >= 4 is 0 Å². The fourth-order valence-electron chi connectivity index (χ4n) is 1.64. The number of hydrogen-bond acceptors (Lipinski definition) is 1. The van der Waals surface area contributed by atoms with Crippen molar-refractivity contribution in [2.45, 2.75) is 19.3 Å². The average molecular weight is 177 g/mol. The Morgan fingerprint density at radius 3 is 2.23 bits per heavy atom. The van der Waals surface area contributed by atoms with Gasteiger partial charge in [0.15, 0.2) is 0 Å². The maximum absolute atomic E-state index is 2.25. The summed E-state index contributed by atoms with van der Waals surface area (Å²) in [4.78, 5) is 2.25. The molecule has 0 amide bonds. The molecule has 0 unspecified atom stereocenters. The Labute approximate surface area is 81.4 Å². The van der Waals surface area contributed by atoms with Crippen LogP contribution in [0.5, 0.6) is 0 Å². The van der Waals surface area contributed by atoms with Gasteiger partial charge in [0.05, 0.1) is 0 Å². The van der Waals surface area contributed by atoms with Crippen molar-refractivity contribution in [1.82, 2.24) is 4.90 Å². The van der Waals surface area contributed by atoms with Crippen molar-refractivity contribution in [3.8, 4) is 0 Å². The maximum Gasteiger partial charge on any atom is 0.00441 e. The van der Waals surface area contributed by atoms with Crippen LogP contribution in [0.4, 0.5) is 0 Å². The summed E-state index contributed by atoms with van der Waals surface area (Å²) in [7, 11) is 4.26. The van der Waals surface area contributed by atoms with Gasteiger partial charge in [0.1, 0.15) is 0 Å². The van der Waals surface area contributed by atoms with Crippen LogP contribution in [0, 0.1) is 0 Å². The Bertz CT molecular complexity index is 228. The van der Waals surface area contributed by atoms with E-state index in [-0.39, 0.29) is 0 Å². The summed E-state index contributed by atoms with van der Waals surface area (Å²) in [6.45, 7) is 3.39. The van der Waals surface area contributed by atoms with Gasteiger partial charge in [0.25, 0.3) is 0 Å². The van der Waals surface area contributed by atoms with E-state index in [2.05, 4.69) is 56.3 Å². The fraction of sp³-hybridized carbons (Fsp3) is 0.500. The topological polar surface area (TPSA) is 3.24 Å². The van der Waals surface area contributed by atoms with Crippen molar-refractivity contribution in [2.24, 2.45) is 0 Å². The molecule has 0 radical (unpaired) electrons. The Hall–Kier alpha value is -0.820. The molecule has 1 heteroatoms. The molecule has 0 aliphatic heterocycles. The minimum absolute atomic E-state index is 0.677. The van der Waals surface area contributed by atoms with Crippen LogP contribution in [0.3, 0.4) is 0 Å². The summed E-state index contributed by atoms with van der Waals surface area (Å²) >= 11 is 0. The van der Waals surface area contributed by atoms with Crippen molar-refractivity contribution in [3.05, 3.63) is 35.9 Å². The summed E-state index contributed by atoms with van der Waals surface area (Å²) in [6, 6.07) is 10.8. The molecule has 0 spiro atoms. The van der Waals surface area contributed by atoms with E-state index in [1.807, 2.05) is 0 Å². The zero-order chi connectivity index (χ0) is 9.68. The largest absolute Gasteiger partial charge is 0.309 e. The van der Waals surface area contributed by atoms with Gasteiger partial charge in [-0.25, -0.2) is 0 Å². The van der Waals surface area contributed by atoms with Crippen molar-refractivity contribution < 1.29 is 0 Å². The highest BCUT2D eigenvalue weighted by Gasteiger charge is 2.08. The normalized spacial score (nSPS) is 13.2. The average Bonchev–Trinajstić information content (AvgIpc) is 2.15. The number of rotatable bonds is 4. The molecule has 0 bridgehead atoms. The van der Waals surface area contributed by atoms with E-state index in [9.17, 15) is 0 Å². The minimum atomic E-state index is 0.677. The van der Waals surface area contributed by atoms with Gasteiger partial charge in [-0.1, -0.05) is 37.3 Å². The van der Waals surface area contributed by atoms with Crippen LogP contribution in [0.2, 0.25) is 0 Å². The van der Waals surface area contributed by atoms with Crippen molar-refractivity contribution in [1.29, 1.82) is 0 Å². The van der Waals surface area contributed by atoms with Gasteiger partial charge < -0.3 is 4.90 Å². The smallest absolute Gasteiger partial charge is 0.00441 e. The minimum Gasteiger partial charge on any atom is -0.309 e. The highest BCUT2D eigenvalue weighted by molar-refractivity contribution is 5.19. The summed E-state index contributed by atoms with van der Waals surface area (Å²) < 4.78 is 0. The highest BCUT2D eigenvalue weighted by atomic mass is 15.1. The summed E-state index contributed by atoms with van der Waals surface area (Å²) in [5.41, 5.74) is 1.46. The first-order valence-electron chi connectivity index (χ1n) is 4.93. The quantitative estimate of drug-likeness (QED) is 0.683. The Morgan fingerprint density at radius 2 is 1.77 bits per heavy atom. The second kappa shape index (κ2) is 5.03. The van der Waals surface area contributed by atoms with Gasteiger partial charge >= 0.3 is 0 Å². The molecule has 0 saturated heterocycles. The lowest BCUT2D eigenvalue weighted by Gasteiger charge is -2.19. The van der Waals surface area contributed by atoms with Crippen LogP contribution >= 0.6 is 0 Å². The van der Waals surface area contributed by atoms with Gasteiger partial charge in [0.2, 0.25) is 0 Å². The summed E-state index contributed by atoms with van der Waals surface area (Å²) in [6.07, 6.45) is 1.21. The van der Waals surface area contributed by atoms with E-state index in [1.165, 1.54) is 12.0 Å². The van der Waals surface area contributed by atoms with Crippen LogP contribution in [-0.4, -0.2) is 25.5 Å². The molecule has 13 heavy (non-hydrogen) atoms. The predicted molar refractivity (Wildman–Crippen MR) is 58.0 cm³/mol. The summed E-state index contributed by atoms with van der Waals surface area (Å²) in [5.74, 6) is 0.677. The summed E-state index contributed by atoms with van der Waals surface area (Å²) in [5, 5.41) is 0. The number of benzene rings is 1. The lowest BCUT2D eigenvalue weighted by atomic mass is 9.96. The number of nitrogens with zero attached hydrogens (tertiary/aromatic N) is 1. The third kappa shape index (κ3) is 3.19. The molecule has 0 heterocycles. The first-order chi connectivity index (χ1) is 6.24. The Morgan fingerprint density at radius 1 is 1.15 bits per heavy atom. The lowest BCUT2D eigenvalue weighted by molar-refractivity contribution is 0.368. The zero-order valence-corrected chi connectivity index (χ0v) is 8.83. The molecule has 1 aromatic carbocycles. The van der Waals surface area contributed by atoms with Gasteiger partial charge in [0, 0.05) is 6.54 Å². The van der Waals surface area contributed by atoms with Gasteiger partial charge in [-0.05, 0) is 32.0 Å². The van der Waals surface area contributed by atoms with Crippen molar-refractivity contribution in [3.63, 3.8) is 0 Å². The second-order valence-corrected chi connectivity index (χ2v) is 3.78. The number of likely N-dealkylation sites (N-methyl/N-ethyl adjacent to an activating group) is 1. The molecule has 0 N–H and O–H groups in total. The molecule has 0 saturated carbocycles. The maximum atomic E-state index is 2.25. The van der Waals surface area contributed by atoms with E-state index in [1.54, 1.807) is 0 Å². The molecule has 1 nitrogen and oxygen atoms in total. The van der Waals surface area contributed by atoms with Crippen LogP contribution < -0.4 is 0 Å². The molecule has 0 aliphatic carbocycles. The molecule has 0 aromatic heterocycles. The molecule has 0 aliphatic rings. The van der Waals surface area contributed by atoms with E-state index in [0.29, 0.717) is 5.92 Å². The number of hydrogen-bond donors (Lipinski definition) is 0. The standard InChI is InChI=1S/C12H19N/c1-4-11(10-13(2)3)12-8-6-5-7-9-12/h5-9,11H,4,10H2,1-3H3/t11-/m0/s1. The first-order valence-corrected chi connectivity index (χ1v) is 4.93. The lowest BCUT2D eigenvalue weighted by Crippen LogP contribution is -2.19. The van der Waals surface area contributed by atoms with E-state index in [0.717, 1.165) is 6.54 Å². The van der Waals surface area contributed by atoms with Crippen LogP contribution in [-0.2, 0) is 0 Å². The van der Waals surface area contributed by atoms with Gasteiger partial charge in [-0.2, -0.15) is 0 Å². The van der Waals surface area contributed by atoms with E-state index in [4.69, 9.17) is 0 Å². The van der Waals surface area contributed by atoms with Gasteiger partial charge in [-0.15, -0.1) is 0 Å². The third-order valence-electron chi connectivity index (χ3n) is 2.35. The molecule has 0 fully saturated rings. The second-order valence-electron chi connectivity index (χ2n) is 3.78. The molecular weight excluding hydrogens is 158 g/mol. The van der Waals surface area contributed by atoms with Crippen LogP contribution in [0.15, 0.2) is 30.3 Å². The molecule has 1 aromatic rings. The van der Waals surface area contributed by atoms with Gasteiger partial charge in [-0.3, -0.25) is 0 Å². The van der Waals surface area contributed by atoms with E-state index < -0.39 is 0 Å². The molecule has 72 valence electrons. The Kier molecular flexibility index (Phi) is 3.97. The SMILES string of the molecule is CC[C@@H](CN(C)C)c1ccccc1. The molecular formula is C12H19N. The molecule has 1 rings (SSSR count). The first kappa shape index (κ1) is 10.3. The third-order valence-corrected chi connectivity index (χ3v) is 2.35.